The smallest absolute Gasteiger partial charge is 0.273 e. The van der Waals surface area contributed by atoms with Crippen molar-refractivity contribution in [3.8, 4) is 5.75 Å². The lowest BCUT2D eigenvalue weighted by Crippen LogP contribution is -2.26. The molecule has 1 fully saturated rings. The zero-order chi connectivity index (χ0) is 17.1. The molecule has 0 radical (unpaired) electrons. The summed E-state index contributed by atoms with van der Waals surface area (Å²) in [6.45, 7) is 0.316. The Morgan fingerprint density at radius 1 is 1.38 bits per heavy atom. The van der Waals surface area contributed by atoms with Crippen LogP contribution in [0.4, 0.5) is 5.69 Å². The summed E-state index contributed by atoms with van der Waals surface area (Å²) < 4.78 is 9.17. The minimum absolute atomic E-state index is 0.0869. The van der Waals surface area contributed by atoms with E-state index in [-0.39, 0.29) is 28.2 Å². The predicted octanol–water partition coefficient (Wildman–Crippen LogP) is 1.56. The summed E-state index contributed by atoms with van der Waals surface area (Å²) in [6.07, 6.45) is 1.97. The molecule has 1 aliphatic rings. The van der Waals surface area contributed by atoms with Crippen LogP contribution in [0, 0.1) is 0 Å². The molecule has 1 aliphatic carbocycles. The van der Waals surface area contributed by atoms with Crippen molar-refractivity contribution in [2.75, 3.05) is 12.8 Å². The van der Waals surface area contributed by atoms with Crippen molar-refractivity contribution in [2.24, 2.45) is 0 Å². The van der Waals surface area contributed by atoms with E-state index in [1.165, 1.54) is 0 Å². The van der Waals surface area contributed by atoms with Gasteiger partial charge < -0.3 is 21.1 Å². The van der Waals surface area contributed by atoms with Crippen LogP contribution in [-0.2, 0) is 6.54 Å². The summed E-state index contributed by atoms with van der Waals surface area (Å²) in [5.74, 6) is 0.0466. The zero-order valence-corrected chi connectivity index (χ0v) is 14.0. The van der Waals surface area contributed by atoms with Crippen molar-refractivity contribution in [3.63, 3.8) is 0 Å². The fourth-order valence-electron chi connectivity index (χ4n) is 2.15. The van der Waals surface area contributed by atoms with E-state index in [1.54, 1.807) is 7.11 Å². The van der Waals surface area contributed by atoms with Crippen LogP contribution in [0.15, 0.2) is 24.3 Å². The number of benzene rings is 1. The van der Waals surface area contributed by atoms with Gasteiger partial charge in [0, 0.05) is 12.6 Å². The highest BCUT2D eigenvalue weighted by molar-refractivity contribution is 7.09. The highest BCUT2D eigenvalue weighted by Gasteiger charge is 2.27. The van der Waals surface area contributed by atoms with E-state index in [0.29, 0.717) is 12.3 Å². The Balaban J connectivity index is 1.64. The number of nitrogens with one attached hydrogen (secondary N) is 2. The average Bonchev–Trinajstić information content (AvgIpc) is 3.32. The van der Waals surface area contributed by atoms with E-state index in [4.69, 9.17) is 10.5 Å². The summed E-state index contributed by atoms with van der Waals surface area (Å²) in [5.41, 5.74) is 7.03. The van der Waals surface area contributed by atoms with Gasteiger partial charge in [0.1, 0.15) is 10.6 Å². The molecule has 1 aromatic carbocycles. The maximum Gasteiger partial charge on any atom is 0.273 e. The fraction of sp³-hybridized carbons (Fsp3) is 0.312. The zero-order valence-electron chi connectivity index (χ0n) is 13.2. The monoisotopic (exact) mass is 346 g/mol. The van der Waals surface area contributed by atoms with E-state index in [1.807, 2.05) is 24.3 Å². The van der Waals surface area contributed by atoms with Crippen LogP contribution < -0.4 is 21.1 Å². The molecule has 1 saturated carbocycles. The maximum atomic E-state index is 12.3. The molecule has 0 saturated heterocycles. The Morgan fingerprint density at radius 2 is 2.17 bits per heavy atom. The lowest BCUT2D eigenvalue weighted by Gasteiger charge is -2.06. The summed E-state index contributed by atoms with van der Waals surface area (Å²) >= 11 is 0.942. The van der Waals surface area contributed by atoms with Crippen LogP contribution in [0.2, 0.25) is 0 Å². The van der Waals surface area contributed by atoms with Gasteiger partial charge in [0.25, 0.3) is 11.8 Å². The maximum absolute atomic E-state index is 12.3. The molecular weight excluding hydrogens is 328 g/mol. The van der Waals surface area contributed by atoms with Crippen LogP contribution in [0.3, 0.4) is 0 Å². The van der Waals surface area contributed by atoms with Gasteiger partial charge in [-0.05, 0) is 42.1 Å². The molecule has 7 nitrogen and oxygen atoms in total. The molecule has 1 heterocycles. The van der Waals surface area contributed by atoms with E-state index in [0.717, 1.165) is 29.9 Å². The van der Waals surface area contributed by atoms with E-state index >= 15 is 0 Å². The van der Waals surface area contributed by atoms with Crippen LogP contribution in [0.1, 0.15) is 38.6 Å². The molecule has 126 valence electrons. The number of aromatic nitrogens is 1. The summed E-state index contributed by atoms with van der Waals surface area (Å²) in [4.78, 5) is 24.6. The number of hydrogen-bond donors (Lipinski definition) is 3. The van der Waals surface area contributed by atoms with Crippen LogP contribution in [-0.4, -0.2) is 29.3 Å². The van der Waals surface area contributed by atoms with Crippen molar-refractivity contribution in [2.45, 2.75) is 25.4 Å². The molecule has 1 aromatic heterocycles. The third-order valence-corrected chi connectivity index (χ3v) is 4.51. The number of nitrogens with zero attached hydrogens (tertiary/aromatic N) is 1. The molecular formula is C16H18N4O3S. The lowest BCUT2D eigenvalue weighted by molar-refractivity contribution is 0.0946. The standard InChI is InChI=1S/C16H18N4O3S/c1-23-11-4-2-3-9(7-11)8-18-15(21)13-12(17)14(24-20-13)16(22)19-10-5-6-10/h2-4,7,10H,5-6,8,17H2,1H3,(H,18,21)(H,19,22). The Labute approximate surface area is 143 Å². The van der Waals surface area contributed by atoms with Gasteiger partial charge >= 0.3 is 0 Å². The number of hydrogen-bond acceptors (Lipinski definition) is 6. The second kappa shape index (κ2) is 6.88. The highest BCUT2D eigenvalue weighted by Crippen LogP contribution is 2.24. The lowest BCUT2D eigenvalue weighted by atomic mass is 10.2. The first kappa shape index (κ1) is 16.3. The van der Waals surface area contributed by atoms with Crippen molar-refractivity contribution in [1.29, 1.82) is 0 Å². The van der Waals surface area contributed by atoms with Crippen LogP contribution in [0.25, 0.3) is 0 Å². The van der Waals surface area contributed by atoms with E-state index < -0.39 is 5.91 Å². The molecule has 2 aromatic rings. The molecule has 0 bridgehead atoms. The first-order valence-electron chi connectivity index (χ1n) is 7.55. The second-order valence-corrected chi connectivity index (χ2v) is 6.33. The summed E-state index contributed by atoms with van der Waals surface area (Å²) in [7, 11) is 1.59. The Bertz CT molecular complexity index is 770. The van der Waals surface area contributed by atoms with Crippen LogP contribution >= 0.6 is 11.5 Å². The van der Waals surface area contributed by atoms with Gasteiger partial charge in [0.05, 0.1) is 12.8 Å². The molecule has 24 heavy (non-hydrogen) atoms. The number of methoxy groups -OCH3 is 1. The van der Waals surface area contributed by atoms with E-state index in [9.17, 15) is 9.59 Å². The quantitative estimate of drug-likeness (QED) is 0.736. The number of ether oxygens (including phenoxy) is 1. The topological polar surface area (TPSA) is 106 Å². The highest BCUT2D eigenvalue weighted by atomic mass is 32.1. The van der Waals surface area contributed by atoms with Gasteiger partial charge in [0.2, 0.25) is 0 Å². The molecule has 0 atom stereocenters. The van der Waals surface area contributed by atoms with Crippen molar-refractivity contribution >= 4 is 29.0 Å². The number of carbonyl (C=O) groups is 2. The van der Waals surface area contributed by atoms with Gasteiger partial charge in [-0.3, -0.25) is 9.59 Å². The molecule has 8 heteroatoms. The Kier molecular flexibility index (Phi) is 4.66. The average molecular weight is 346 g/mol. The SMILES string of the molecule is COc1cccc(CNC(=O)c2nsc(C(=O)NC3CC3)c2N)c1. The number of amides is 2. The molecule has 2 amide bonds. The first-order valence-corrected chi connectivity index (χ1v) is 8.33. The van der Waals surface area contributed by atoms with Gasteiger partial charge in [-0.15, -0.1) is 0 Å². The third kappa shape index (κ3) is 3.65. The number of nitrogens with two attached hydrogens (primary N) is 1. The largest absolute Gasteiger partial charge is 0.497 e. The Hall–Kier alpha value is -2.61. The summed E-state index contributed by atoms with van der Waals surface area (Å²) in [5, 5.41) is 5.59. The number of nitrogen functional groups attached to an aromatic ring is 1. The molecule has 0 unspecified atom stereocenters. The predicted molar refractivity (Wildman–Crippen MR) is 91.2 cm³/mol. The van der Waals surface area contributed by atoms with Gasteiger partial charge in [0.15, 0.2) is 5.69 Å². The molecule has 4 N–H and O–H groups in total. The molecule has 0 aliphatic heterocycles. The molecule has 3 rings (SSSR count). The third-order valence-electron chi connectivity index (χ3n) is 3.65. The van der Waals surface area contributed by atoms with Crippen molar-refractivity contribution in [3.05, 3.63) is 40.4 Å². The normalized spacial score (nSPS) is 13.4. The van der Waals surface area contributed by atoms with Gasteiger partial charge in [-0.25, -0.2) is 0 Å². The van der Waals surface area contributed by atoms with Gasteiger partial charge in [-0.2, -0.15) is 4.37 Å². The number of anilines is 1. The van der Waals surface area contributed by atoms with Crippen LogP contribution in [0.5, 0.6) is 5.75 Å². The number of carbonyl (C=O) groups excluding carboxylic acids is 2. The first-order chi connectivity index (χ1) is 11.6. The minimum atomic E-state index is -0.406. The van der Waals surface area contributed by atoms with Crippen molar-refractivity contribution in [1.82, 2.24) is 15.0 Å². The molecule has 0 spiro atoms. The van der Waals surface area contributed by atoms with Crippen molar-refractivity contribution < 1.29 is 14.3 Å². The Morgan fingerprint density at radius 3 is 2.88 bits per heavy atom. The second-order valence-electron chi connectivity index (χ2n) is 5.56. The fourth-order valence-corrected chi connectivity index (χ4v) is 2.85. The summed E-state index contributed by atoms with van der Waals surface area (Å²) in [6, 6.07) is 7.61. The number of rotatable bonds is 6. The van der Waals surface area contributed by atoms with E-state index in [2.05, 4.69) is 15.0 Å². The minimum Gasteiger partial charge on any atom is -0.497 e. The van der Waals surface area contributed by atoms with Gasteiger partial charge in [-0.1, -0.05) is 12.1 Å².